The molecule has 142 valence electrons. The number of nitrogens with one attached hydrogen (secondary N) is 2. The van der Waals surface area contributed by atoms with E-state index in [1.165, 1.54) is 0 Å². The summed E-state index contributed by atoms with van der Waals surface area (Å²) in [6.45, 7) is 0.0837. The molecule has 1 unspecified atom stereocenters. The number of ether oxygens (including phenoxy) is 1. The van der Waals surface area contributed by atoms with Gasteiger partial charge in [0.25, 0.3) is 0 Å². The summed E-state index contributed by atoms with van der Waals surface area (Å²) >= 11 is 6.19. The summed E-state index contributed by atoms with van der Waals surface area (Å²) in [5.74, 6) is -0.729. The standard InChI is InChI=1S/C21H17ClN2O4/c22-16-9-5-4-8-15(16)17-10-11-18(20(23-17)19(26)12-25)24-21(27)28-13-14-6-2-1-3-7-14/h1-12,20,23H,13H2,(H,24,27). The van der Waals surface area contributed by atoms with Crippen molar-refractivity contribution in [2.45, 2.75) is 12.6 Å². The molecule has 0 fully saturated rings. The van der Waals surface area contributed by atoms with Crippen molar-refractivity contribution in [2.75, 3.05) is 0 Å². The molecule has 28 heavy (non-hydrogen) atoms. The maximum atomic E-state index is 12.1. The van der Waals surface area contributed by atoms with Gasteiger partial charge in [0, 0.05) is 16.3 Å². The van der Waals surface area contributed by atoms with Crippen molar-refractivity contribution < 1.29 is 19.1 Å². The van der Waals surface area contributed by atoms with Crippen molar-refractivity contribution in [3.8, 4) is 0 Å². The number of alkyl carbamates (subject to hydrolysis) is 1. The zero-order chi connectivity index (χ0) is 19.9. The Balaban J connectivity index is 1.75. The molecule has 2 N–H and O–H groups in total. The number of dihydropyridines is 1. The monoisotopic (exact) mass is 396 g/mol. The number of rotatable bonds is 6. The van der Waals surface area contributed by atoms with Gasteiger partial charge in [-0.1, -0.05) is 60.1 Å². The minimum absolute atomic E-state index is 0.0837. The average Bonchev–Trinajstić information content (AvgIpc) is 2.73. The highest BCUT2D eigenvalue weighted by atomic mass is 35.5. The number of aldehydes is 1. The Hall–Kier alpha value is -3.38. The number of carbonyl (C=O) groups is 3. The molecular weight excluding hydrogens is 380 g/mol. The lowest BCUT2D eigenvalue weighted by Gasteiger charge is -2.25. The Bertz CT molecular complexity index is 954. The molecule has 1 aliphatic rings. The van der Waals surface area contributed by atoms with Crippen molar-refractivity contribution in [3.63, 3.8) is 0 Å². The SMILES string of the molecule is O=CC(=O)C1NC(c2ccccc2Cl)=CC=C1NC(=O)OCc1ccccc1. The first-order valence-electron chi connectivity index (χ1n) is 8.48. The summed E-state index contributed by atoms with van der Waals surface area (Å²) in [6.07, 6.45) is 2.70. The van der Waals surface area contributed by atoms with Gasteiger partial charge >= 0.3 is 6.09 Å². The Morgan fingerprint density at radius 2 is 1.79 bits per heavy atom. The maximum absolute atomic E-state index is 12.1. The van der Waals surface area contributed by atoms with Crippen LogP contribution in [0.3, 0.4) is 0 Å². The van der Waals surface area contributed by atoms with Crippen molar-refractivity contribution in [3.05, 3.63) is 88.6 Å². The van der Waals surface area contributed by atoms with Gasteiger partial charge in [-0.25, -0.2) is 4.79 Å². The van der Waals surface area contributed by atoms with E-state index in [4.69, 9.17) is 16.3 Å². The third kappa shape index (κ3) is 4.66. The highest BCUT2D eigenvalue weighted by molar-refractivity contribution is 6.32. The minimum atomic E-state index is -1.04. The zero-order valence-electron chi connectivity index (χ0n) is 14.7. The van der Waals surface area contributed by atoms with Crippen LogP contribution >= 0.6 is 11.6 Å². The number of Topliss-reactive ketones (excluding diaryl/α,β-unsaturated/α-hetero) is 1. The molecule has 0 spiro atoms. The van der Waals surface area contributed by atoms with E-state index in [0.29, 0.717) is 16.3 Å². The smallest absolute Gasteiger partial charge is 0.411 e. The van der Waals surface area contributed by atoms with Crippen molar-refractivity contribution >= 4 is 35.5 Å². The third-order valence-electron chi connectivity index (χ3n) is 4.06. The van der Waals surface area contributed by atoms with E-state index in [1.54, 1.807) is 36.4 Å². The van der Waals surface area contributed by atoms with Crippen LogP contribution in [-0.2, 0) is 20.9 Å². The predicted molar refractivity (Wildman–Crippen MR) is 105 cm³/mol. The first-order chi connectivity index (χ1) is 13.6. The lowest BCUT2D eigenvalue weighted by atomic mass is 10.0. The van der Waals surface area contributed by atoms with Gasteiger partial charge in [-0.2, -0.15) is 0 Å². The molecule has 1 heterocycles. The summed E-state index contributed by atoms with van der Waals surface area (Å²) in [4.78, 5) is 35.2. The highest BCUT2D eigenvalue weighted by Crippen LogP contribution is 2.25. The van der Waals surface area contributed by atoms with Crippen LogP contribution in [0, 0.1) is 0 Å². The first-order valence-corrected chi connectivity index (χ1v) is 8.86. The van der Waals surface area contributed by atoms with Crippen LogP contribution < -0.4 is 10.6 Å². The summed E-state index contributed by atoms with van der Waals surface area (Å²) < 4.78 is 5.16. The fraction of sp³-hybridized carbons (Fsp3) is 0.0952. The predicted octanol–water partition coefficient (Wildman–Crippen LogP) is 3.23. The van der Waals surface area contributed by atoms with Crippen LogP contribution in [0.2, 0.25) is 5.02 Å². The molecule has 1 atom stereocenters. The summed E-state index contributed by atoms with van der Waals surface area (Å²) in [7, 11) is 0. The lowest BCUT2D eigenvalue weighted by Crippen LogP contribution is -2.45. The van der Waals surface area contributed by atoms with Crippen LogP contribution in [0.5, 0.6) is 0 Å². The molecule has 0 saturated carbocycles. The number of carbonyl (C=O) groups excluding carboxylic acids is 3. The minimum Gasteiger partial charge on any atom is -0.444 e. The Morgan fingerprint density at radius 3 is 2.50 bits per heavy atom. The maximum Gasteiger partial charge on any atom is 0.411 e. The Kier molecular flexibility index (Phi) is 6.24. The number of hydrogen-bond donors (Lipinski definition) is 2. The molecule has 1 amide bonds. The molecule has 0 saturated heterocycles. The molecule has 0 bridgehead atoms. The second-order valence-corrected chi connectivity index (χ2v) is 6.37. The molecule has 0 aromatic heterocycles. The van der Waals surface area contributed by atoms with E-state index in [9.17, 15) is 14.4 Å². The molecule has 1 aliphatic heterocycles. The van der Waals surface area contributed by atoms with E-state index in [-0.39, 0.29) is 18.6 Å². The quantitative estimate of drug-likeness (QED) is 0.578. The number of halogens is 1. The van der Waals surface area contributed by atoms with Crippen LogP contribution in [-0.4, -0.2) is 24.2 Å². The molecule has 2 aromatic carbocycles. The van der Waals surface area contributed by atoms with E-state index < -0.39 is 17.9 Å². The van der Waals surface area contributed by atoms with E-state index in [1.807, 2.05) is 30.3 Å². The number of ketones is 1. The summed E-state index contributed by atoms with van der Waals surface area (Å²) in [6, 6.07) is 15.2. The van der Waals surface area contributed by atoms with E-state index >= 15 is 0 Å². The second-order valence-electron chi connectivity index (χ2n) is 5.97. The fourth-order valence-electron chi connectivity index (χ4n) is 2.68. The van der Waals surface area contributed by atoms with Crippen LogP contribution in [0.15, 0.2) is 72.4 Å². The van der Waals surface area contributed by atoms with Gasteiger partial charge in [-0.05, 0) is 23.8 Å². The van der Waals surface area contributed by atoms with Gasteiger partial charge in [0.1, 0.15) is 12.6 Å². The van der Waals surface area contributed by atoms with Gasteiger partial charge in [-0.3, -0.25) is 14.9 Å². The Labute approximate surface area is 166 Å². The van der Waals surface area contributed by atoms with E-state index in [2.05, 4.69) is 10.6 Å². The van der Waals surface area contributed by atoms with Crippen molar-refractivity contribution in [1.82, 2.24) is 10.6 Å². The van der Waals surface area contributed by atoms with Crippen LogP contribution in [0.1, 0.15) is 11.1 Å². The molecule has 2 aromatic rings. The fourth-order valence-corrected chi connectivity index (χ4v) is 2.92. The number of allylic oxidation sites excluding steroid dienone is 2. The van der Waals surface area contributed by atoms with Gasteiger partial charge in [0.05, 0.1) is 5.70 Å². The van der Waals surface area contributed by atoms with Crippen LogP contribution in [0.4, 0.5) is 4.79 Å². The van der Waals surface area contributed by atoms with Crippen molar-refractivity contribution in [1.29, 1.82) is 0 Å². The molecule has 7 heteroatoms. The number of hydrogen-bond acceptors (Lipinski definition) is 5. The first kappa shape index (κ1) is 19.4. The third-order valence-corrected chi connectivity index (χ3v) is 4.39. The molecule has 3 rings (SSSR count). The van der Waals surface area contributed by atoms with Gasteiger partial charge in [0.15, 0.2) is 6.29 Å². The average molecular weight is 397 g/mol. The van der Waals surface area contributed by atoms with E-state index in [0.717, 1.165) is 5.56 Å². The normalized spacial score (nSPS) is 15.5. The van der Waals surface area contributed by atoms with Crippen molar-refractivity contribution in [2.24, 2.45) is 0 Å². The summed E-state index contributed by atoms with van der Waals surface area (Å²) in [5.41, 5.74) is 2.28. The highest BCUT2D eigenvalue weighted by Gasteiger charge is 2.28. The zero-order valence-corrected chi connectivity index (χ0v) is 15.5. The molecule has 0 radical (unpaired) electrons. The number of amides is 1. The van der Waals surface area contributed by atoms with Crippen LogP contribution in [0.25, 0.3) is 5.70 Å². The van der Waals surface area contributed by atoms with Gasteiger partial charge < -0.3 is 10.1 Å². The second kappa shape index (κ2) is 9.01. The topological polar surface area (TPSA) is 84.5 Å². The van der Waals surface area contributed by atoms with Gasteiger partial charge in [0.2, 0.25) is 5.78 Å². The molecule has 0 aliphatic carbocycles. The largest absolute Gasteiger partial charge is 0.444 e. The molecule has 6 nitrogen and oxygen atoms in total. The lowest BCUT2D eigenvalue weighted by molar-refractivity contribution is -0.130. The summed E-state index contributed by atoms with van der Waals surface area (Å²) in [5, 5.41) is 5.96. The number of benzene rings is 2. The van der Waals surface area contributed by atoms with Gasteiger partial charge in [-0.15, -0.1) is 0 Å². The molecular formula is C21H17ClN2O4. The Morgan fingerprint density at radius 1 is 1.07 bits per heavy atom.